The van der Waals surface area contributed by atoms with Crippen molar-refractivity contribution in [3.63, 3.8) is 0 Å². The Morgan fingerprint density at radius 1 is 1.18 bits per heavy atom. The van der Waals surface area contributed by atoms with Crippen molar-refractivity contribution in [2.45, 2.75) is 12.5 Å². The highest BCUT2D eigenvalue weighted by atomic mass is 19.1. The molecule has 10 heteroatoms. The van der Waals surface area contributed by atoms with Crippen molar-refractivity contribution in [3.8, 4) is 0 Å². The lowest BCUT2D eigenvalue weighted by atomic mass is 9.93. The lowest BCUT2D eigenvalue weighted by Crippen LogP contribution is -2.62. The van der Waals surface area contributed by atoms with Gasteiger partial charge in [-0.05, 0) is 36.8 Å². The van der Waals surface area contributed by atoms with Crippen molar-refractivity contribution in [2.24, 2.45) is 7.05 Å². The van der Waals surface area contributed by atoms with E-state index < -0.39 is 22.9 Å². The molecule has 0 unspecified atom stereocenters. The zero-order chi connectivity index (χ0) is 23.3. The number of aromatic amines is 1. The summed E-state index contributed by atoms with van der Waals surface area (Å²) in [6.07, 6.45) is 0. The quantitative estimate of drug-likeness (QED) is 0.441. The average molecular weight is 448 g/mol. The smallest absolute Gasteiger partial charge is 0.276 e. The van der Waals surface area contributed by atoms with Gasteiger partial charge in [-0.3, -0.25) is 9.59 Å². The number of nitrogens with zero attached hydrogens (tertiary/aromatic N) is 4. The van der Waals surface area contributed by atoms with Crippen LogP contribution in [0.2, 0.25) is 0 Å². The number of carbonyl (C=O) groups is 1. The molecule has 2 aromatic heterocycles. The molecule has 1 amide bonds. The molecule has 0 radical (unpaired) electrons. The summed E-state index contributed by atoms with van der Waals surface area (Å²) in [5.41, 5.74) is 0.618. The largest absolute Gasteiger partial charge is 0.378 e. The topological polar surface area (TPSA) is 116 Å². The van der Waals surface area contributed by atoms with Crippen LogP contribution in [-0.2, 0) is 12.6 Å². The molecule has 4 aromatic rings. The maximum atomic E-state index is 14.4. The van der Waals surface area contributed by atoms with Crippen molar-refractivity contribution >= 4 is 28.3 Å². The molecule has 9 nitrogen and oxygen atoms in total. The molecule has 3 N–H and O–H groups in total. The number of rotatable bonds is 4. The molecular formula is C23H21FN6O3. The van der Waals surface area contributed by atoms with Gasteiger partial charge in [-0.15, -0.1) is 0 Å². The molecule has 168 valence electrons. The number of halogens is 1. The number of hydrogen-bond donors (Lipinski definition) is 3. The summed E-state index contributed by atoms with van der Waals surface area (Å²) in [6.45, 7) is 1.75. The first-order chi connectivity index (χ1) is 15.7. The van der Waals surface area contributed by atoms with E-state index in [4.69, 9.17) is 0 Å². The predicted octanol–water partition coefficient (Wildman–Crippen LogP) is 2.19. The van der Waals surface area contributed by atoms with E-state index in [1.165, 1.54) is 30.1 Å². The Morgan fingerprint density at radius 2 is 1.94 bits per heavy atom. The molecule has 1 saturated heterocycles. The zero-order valence-electron chi connectivity index (χ0n) is 18.0. The van der Waals surface area contributed by atoms with E-state index in [1.54, 1.807) is 13.0 Å². The number of benzene rings is 2. The number of aliphatic hydroxyl groups is 1. The van der Waals surface area contributed by atoms with E-state index in [0.29, 0.717) is 5.82 Å². The summed E-state index contributed by atoms with van der Waals surface area (Å²) in [7, 11) is 1.43. The van der Waals surface area contributed by atoms with Gasteiger partial charge < -0.3 is 20.3 Å². The molecule has 1 fully saturated rings. The standard InChI is InChI=1S/C23H21FN6O3/c1-13-7-8-15(14(24)9-13)25-18-10-19(31)29(2)28-20(18)21(32)30-11-23(33,12-30)22-26-16-5-3-4-6-17(16)27-22/h3-10,25,33H,11-12H2,1-2H3,(H,26,27). The van der Waals surface area contributed by atoms with Gasteiger partial charge in [-0.2, -0.15) is 5.10 Å². The van der Waals surface area contributed by atoms with Crippen molar-refractivity contribution in [1.29, 1.82) is 0 Å². The van der Waals surface area contributed by atoms with Crippen LogP contribution in [0, 0.1) is 12.7 Å². The van der Waals surface area contributed by atoms with Gasteiger partial charge in [0.25, 0.3) is 11.5 Å². The second kappa shape index (κ2) is 7.52. The minimum Gasteiger partial charge on any atom is -0.378 e. The third-order valence-corrected chi connectivity index (χ3v) is 5.71. The highest BCUT2D eigenvalue weighted by molar-refractivity contribution is 5.98. The van der Waals surface area contributed by atoms with Crippen LogP contribution in [0.4, 0.5) is 15.8 Å². The summed E-state index contributed by atoms with van der Waals surface area (Å²) in [5.74, 6) is -0.639. The van der Waals surface area contributed by atoms with Crippen LogP contribution in [-0.4, -0.2) is 48.8 Å². The SMILES string of the molecule is Cc1ccc(Nc2cc(=O)n(C)nc2C(=O)N2CC(O)(c3nc4ccccc4[nH]3)C2)c(F)c1. The monoisotopic (exact) mass is 448 g/mol. The van der Waals surface area contributed by atoms with Crippen molar-refractivity contribution in [2.75, 3.05) is 18.4 Å². The Morgan fingerprint density at radius 3 is 2.67 bits per heavy atom. The number of aromatic nitrogens is 4. The molecule has 33 heavy (non-hydrogen) atoms. The normalized spacial score (nSPS) is 14.8. The number of fused-ring (bicyclic) bond motifs is 1. The second-order valence-electron chi connectivity index (χ2n) is 8.27. The van der Waals surface area contributed by atoms with Crippen LogP contribution in [0.5, 0.6) is 0 Å². The molecule has 0 saturated carbocycles. The number of nitrogens with one attached hydrogen (secondary N) is 2. The van der Waals surface area contributed by atoms with Gasteiger partial charge in [0, 0.05) is 13.1 Å². The molecular weight excluding hydrogens is 427 g/mol. The number of likely N-dealkylation sites (tertiary alicyclic amines) is 1. The van der Waals surface area contributed by atoms with E-state index in [-0.39, 0.29) is 30.2 Å². The van der Waals surface area contributed by atoms with Gasteiger partial charge in [-0.25, -0.2) is 14.1 Å². The van der Waals surface area contributed by atoms with Crippen LogP contribution < -0.4 is 10.9 Å². The number of para-hydroxylation sites is 2. The first-order valence-corrected chi connectivity index (χ1v) is 10.3. The van der Waals surface area contributed by atoms with E-state index in [1.807, 2.05) is 24.3 Å². The van der Waals surface area contributed by atoms with Crippen LogP contribution in [0.3, 0.4) is 0 Å². The number of aryl methyl sites for hydroxylation is 2. The molecule has 2 aromatic carbocycles. The fraction of sp³-hybridized carbons (Fsp3) is 0.217. The molecule has 0 spiro atoms. The molecule has 3 heterocycles. The van der Waals surface area contributed by atoms with E-state index in [2.05, 4.69) is 20.4 Å². The van der Waals surface area contributed by atoms with E-state index >= 15 is 0 Å². The summed E-state index contributed by atoms with van der Waals surface area (Å²) in [4.78, 5) is 34.3. The van der Waals surface area contributed by atoms with Gasteiger partial charge in [0.2, 0.25) is 0 Å². The lowest BCUT2D eigenvalue weighted by molar-refractivity contribution is -0.0918. The number of imidazole rings is 1. The Hall–Kier alpha value is -4.05. The average Bonchev–Trinajstić information content (AvgIpc) is 3.20. The predicted molar refractivity (Wildman–Crippen MR) is 120 cm³/mol. The van der Waals surface area contributed by atoms with Gasteiger partial charge in [0.15, 0.2) is 11.3 Å². The van der Waals surface area contributed by atoms with Crippen LogP contribution in [0.15, 0.2) is 53.3 Å². The van der Waals surface area contributed by atoms with Crippen molar-refractivity contribution < 1.29 is 14.3 Å². The number of amides is 1. The van der Waals surface area contributed by atoms with Gasteiger partial charge in [-0.1, -0.05) is 18.2 Å². The molecule has 0 bridgehead atoms. The third kappa shape index (κ3) is 3.64. The lowest BCUT2D eigenvalue weighted by Gasteiger charge is -2.44. The fourth-order valence-corrected chi connectivity index (χ4v) is 3.86. The van der Waals surface area contributed by atoms with E-state index in [0.717, 1.165) is 21.3 Å². The molecule has 1 aliphatic heterocycles. The second-order valence-corrected chi connectivity index (χ2v) is 8.27. The molecule has 1 aliphatic rings. The Labute approximate surface area is 187 Å². The van der Waals surface area contributed by atoms with Crippen molar-refractivity contribution in [3.05, 3.63) is 81.8 Å². The van der Waals surface area contributed by atoms with Crippen molar-refractivity contribution in [1.82, 2.24) is 24.6 Å². The highest BCUT2D eigenvalue weighted by Crippen LogP contribution is 2.33. The number of H-pyrrole nitrogens is 1. The Kier molecular flexibility index (Phi) is 4.75. The van der Waals surface area contributed by atoms with Gasteiger partial charge >= 0.3 is 0 Å². The first-order valence-electron chi connectivity index (χ1n) is 10.3. The summed E-state index contributed by atoms with van der Waals surface area (Å²) in [5, 5.41) is 17.9. The van der Waals surface area contributed by atoms with Crippen LogP contribution in [0.25, 0.3) is 11.0 Å². The minimum atomic E-state index is -1.33. The van der Waals surface area contributed by atoms with Crippen LogP contribution >= 0.6 is 0 Å². The van der Waals surface area contributed by atoms with Crippen LogP contribution in [0.1, 0.15) is 21.9 Å². The number of anilines is 2. The highest BCUT2D eigenvalue weighted by Gasteiger charge is 2.48. The summed E-state index contributed by atoms with van der Waals surface area (Å²) < 4.78 is 15.4. The summed E-state index contributed by atoms with van der Waals surface area (Å²) >= 11 is 0. The summed E-state index contributed by atoms with van der Waals surface area (Å²) in [6, 6.07) is 13.2. The molecule has 5 rings (SSSR count). The molecule has 0 atom stereocenters. The zero-order valence-corrected chi connectivity index (χ0v) is 18.0. The maximum Gasteiger partial charge on any atom is 0.276 e. The van der Waals surface area contributed by atoms with E-state index in [9.17, 15) is 19.1 Å². The van der Waals surface area contributed by atoms with Gasteiger partial charge in [0.1, 0.15) is 11.6 Å². The number of hydrogen-bond acceptors (Lipinski definition) is 6. The first kappa shape index (κ1) is 20.8. The minimum absolute atomic E-state index is 0.00545. The third-order valence-electron chi connectivity index (χ3n) is 5.71. The van der Waals surface area contributed by atoms with Gasteiger partial charge in [0.05, 0.1) is 35.5 Å². The Bertz CT molecular complexity index is 1420. The number of carbonyl (C=O) groups excluding carboxylic acids is 1. The number of β-amino-alcohol motifs (C(OH)–C–C–N with tert-alkyl or cyclic N) is 1. The molecule has 0 aliphatic carbocycles. The Balaban J connectivity index is 1.42. The fourth-order valence-electron chi connectivity index (χ4n) is 3.86. The maximum absolute atomic E-state index is 14.4.